The van der Waals surface area contributed by atoms with E-state index in [1.807, 2.05) is 0 Å². The first kappa shape index (κ1) is 5.85. The second-order valence-electron chi connectivity index (χ2n) is 2.43. The predicted molar refractivity (Wildman–Crippen MR) is 29.0 cm³/mol. The van der Waals surface area contributed by atoms with E-state index in [4.69, 9.17) is 4.74 Å². The molecule has 4 nitrogen and oxygen atoms in total. The minimum absolute atomic E-state index is 0.470. The predicted octanol–water partition coefficient (Wildman–Crippen LogP) is -0.383. The van der Waals surface area contributed by atoms with E-state index in [1.165, 1.54) is 0 Å². The van der Waals surface area contributed by atoms with E-state index < -0.39 is 24.1 Å². The average molecular weight is 142 g/mol. The van der Waals surface area contributed by atoms with Crippen molar-refractivity contribution in [3.05, 3.63) is 0 Å². The molecule has 2 bridgehead atoms. The van der Waals surface area contributed by atoms with Crippen LogP contribution in [0.2, 0.25) is 0 Å². The minimum atomic E-state index is -0.529. The zero-order valence-electron chi connectivity index (χ0n) is 5.20. The molecule has 0 N–H and O–H groups in total. The molecule has 0 amide bonds. The molecule has 10 heavy (non-hydrogen) atoms. The maximum Gasteiger partial charge on any atom is 0.342 e. The lowest BCUT2D eigenvalue weighted by Gasteiger charge is -2.16. The van der Waals surface area contributed by atoms with Gasteiger partial charge in [0.1, 0.15) is 0 Å². The number of carbonyl (C=O) groups is 2. The molecule has 0 unspecified atom stereocenters. The zero-order chi connectivity index (χ0) is 7.14. The fourth-order valence-corrected chi connectivity index (χ4v) is 1.21. The summed E-state index contributed by atoms with van der Waals surface area (Å²) in [5.41, 5.74) is 0. The lowest BCUT2D eigenvalue weighted by molar-refractivity contribution is -0.185. The summed E-state index contributed by atoms with van der Waals surface area (Å²) in [5, 5.41) is 0. The highest BCUT2D eigenvalue weighted by Gasteiger charge is 2.43. The second-order valence-corrected chi connectivity index (χ2v) is 2.43. The first-order valence-corrected chi connectivity index (χ1v) is 3.18. The van der Waals surface area contributed by atoms with Crippen LogP contribution in [0.3, 0.4) is 0 Å². The van der Waals surface area contributed by atoms with Gasteiger partial charge in [0.25, 0.3) is 0 Å². The van der Waals surface area contributed by atoms with E-state index in [1.54, 1.807) is 0 Å². The molecular formula is C6H6O4. The Labute approximate surface area is 57.1 Å². The maximum absolute atomic E-state index is 10.7. The number of esters is 2. The highest BCUT2D eigenvalue weighted by molar-refractivity contribution is 5.93. The van der Waals surface area contributed by atoms with E-state index in [0.717, 1.165) is 0 Å². The van der Waals surface area contributed by atoms with Gasteiger partial charge in [-0.3, -0.25) is 0 Å². The smallest absolute Gasteiger partial charge is 0.342 e. The molecule has 2 saturated heterocycles. The van der Waals surface area contributed by atoms with Gasteiger partial charge in [-0.1, -0.05) is 0 Å². The standard InChI is InChI=1S/C6H6O4/c7-5-3-1-2-4(9-3)6(8)10-5/h3-4H,1-2H2/t3-,4-/m1/s1. The summed E-state index contributed by atoms with van der Waals surface area (Å²) >= 11 is 0. The molecule has 0 aromatic heterocycles. The van der Waals surface area contributed by atoms with Crippen LogP contribution < -0.4 is 0 Å². The fourth-order valence-electron chi connectivity index (χ4n) is 1.21. The van der Waals surface area contributed by atoms with Gasteiger partial charge >= 0.3 is 11.9 Å². The summed E-state index contributed by atoms with van der Waals surface area (Å²) in [6.45, 7) is 0. The third-order valence-corrected chi connectivity index (χ3v) is 1.75. The topological polar surface area (TPSA) is 52.6 Å². The van der Waals surface area contributed by atoms with Crippen LogP contribution in [0.1, 0.15) is 12.8 Å². The number of cyclic esters (lactones) is 2. The highest BCUT2D eigenvalue weighted by Crippen LogP contribution is 2.25. The van der Waals surface area contributed by atoms with Gasteiger partial charge in [-0.2, -0.15) is 0 Å². The number of rotatable bonds is 0. The fraction of sp³-hybridized carbons (Fsp3) is 0.667. The van der Waals surface area contributed by atoms with Crippen LogP contribution in [0.15, 0.2) is 0 Å². The van der Waals surface area contributed by atoms with Crippen molar-refractivity contribution in [1.29, 1.82) is 0 Å². The van der Waals surface area contributed by atoms with E-state index in [9.17, 15) is 9.59 Å². The van der Waals surface area contributed by atoms with Crippen molar-refractivity contribution in [2.24, 2.45) is 0 Å². The molecule has 0 saturated carbocycles. The van der Waals surface area contributed by atoms with Crippen molar-refractivity contribution in [3.8, 4) is 0 Å². The zero-order valence-corrected chi connectivity index (χ0v) is 5.20. The van der Waals surface area contributed by atoms with Crippen molar-refractivity contribution >= 4 is 11.9 Å². The van der Waals surface area contributed by atoms with Crippen LogP contribution in [0.4, 0.5) is 0 Å². The Kier molecular flexibility index (Phi) is 1.05. The van der Waals surface area contributed by atoms with Crippen LogP contribution in [-0.4, -0.2) is 24.1 Å². The third kappa shape index (κ3) is 0.654. The van der Waals surface area contributed by atoms with Gasteiger partial charge in [-0.15, -0.1) is 0 Å². The average Bonchev–Trinajstić information content (AvgIpc) is 2.28. The molecule has 0 aromatic rings. The minimum Gasteiger partial charge on any atom is -0.389 e. The van der Waals surface area contributed by atoms with Crippen LogP contribution >= 0.6 is 0 Å². The number of hydrogen-bond donors (Lipinski definition) is 0. The highest BCUT2D eigenvalue weighted by atomic mass is 16.7. The quantitative estimate of drug-likeness (QED) is 0.341. The summed E-state index contributed by atoms with van der Waals surface area (Å²) in [5.74, 6) is -1.06. The van der Waals surface area contributed by atoms with Crippen molar-refractivity contribution in [3.63, 3.8) is 0 Å². The summed E-state index contributed by atoms with van der Waals surface area (Å²) in [6, 6.07) is 0. The second kappa shape index (κ2) is 1.79. The number of carbonyl (C=O) groups excluding carboxylic acids is 2. The number of ether oxygens (including phenoxy) is 2. The molecule has 2 fully saturated rings. The molecule has 0 spiro atoms. The molecule has 0 aliphatic carbocycles. The molecular weight excluding hydrogens is 136 g/mol. The van der Waals surface area contributed by atoms with E-state index in [2.05, 4.69) is 4.74 Å². The summed E-state index contributed by atoms with van der Waals surface area (Å²) in [6.07, 6.45) is 0.301. The molecule has 2 rings (SSSR count). The first-order chi connectivity index (χ1) is 4.77. The Morgan fingerprint density at radius 3 is 2.10 bits per heavy atom. The normalized spacial score (nSPS) is 38.0. The summed E-state index contributed by atoms with van der Waals surface area (Å²) < 4.78 is 9.37. The van der Waals surface area contributed by atoms with Crippen molar-refractivity contribution in [2.45, 2.75) is 25.0 Å². The Balaban J connectivity index is 2.24. The van der Waals surface area contributed by atoms with E-state index in [-0.39, 0.29) is 0 Å². The molecule has 2 atom stereocenters. The van der Waals surface area contributed by atoms with E-state index in [0.29, 0.717) is 12.8 Å². The maximum atomic E-state index is 10.7. The number of fused-ring (bicyclic) bond motifs is 2. The summed E-state index contributed by atoms with van der Waals surface area (Å²) in [7, 11) is 0. The lowest BCUT2D eigenvalue weighted by atomic mass is 10.2. The lowest BCUT2D eigenvalue weighted by Crippen LogP contribution is -2.37. The van der Waals surface area contributed by atoms with Gasteiger partial charge < -0.3 is 9.47 Å². The SMILES string of the molecule is O=C1OC(=O)[C@H]2CC[C@H]1O2. The summed E-state index contributed by atoms with van der Waals surface area (Å²) in [4.78, 5) is 21.4. The third-order valence-electron chi connectivity index (χ3n) is 1.75. The molecule has 0 radical (unpaired) electrons. The van der Waals surface area contributed by atoms with Crippen LogP contribution in [0.5, 0.6) is 0 Å². The molecule has 2 aliphatic rings. The number of hydrogen-bond acceptors (Lipinski definition) is 4. The monoisotopic (exact) mass is 142 g/mol. The molecule has 4 heteroatoms. The van der Waals surface area contributed by atoms with Crippen molar-refractivity contribution in [1.82, 2.24) is 0 Å². The Morgan fingerprint density at radius 1 is 1.10 bits per heavy atom. The van der Waals surface area contributed by atoms with Gasteiger partial charge in [0, 0.05) is 0 Å². The molecule has 54 valence electrons. The van der Waals surface area contributed by atoms with Gasteiger partial charge in [-0.05, 0) is 12.8 Å². The van der Waals surface area contributed by atoms with Crippen molar-refractivity contribution < 1.29 is 19.1 Å². The van der Waals surface area contributed by atoms with Crippen LogP contribution in [0, 0.1) is 0 Å². The Morgan fingerprint density at radius 2 is 1.60 bits per heavy atom. The largest absolute Gasteiger partial charge is 0.389 e. The van der Waals surface area contributed by atoms with Gasteiger partial charge in [0.2, 0.25) is 0 Å². The molecule has 2 aliphatic heterocycles. The van der Waals surface area contributed by atoms with Crippen LogP contribution in [-0.2, 0) is 19.1 Å². The Hall–Kier alpha value is -0.900. The van der Waals surface area contributed by atoms with Crippen LogP contribution in [0.25, 0.3) is 0 Å². The first-order valence-electron chi connectivity index (χ1n) is 3.18. The van der Waals surface area contributed by atoms with Gasteiger partial charge in [0.15, 0.2) is 12.2 Å². The van der Waals surface area contributed by atoms with Gasteiger partial charge in [-0.25, -0.2) is 9.59 Å². The molecule has 0 aromatic carbocycles. The van der Waals surface area contributed by atoms with E-state index >= 15 is 0 Å². The Bertz CT molecular complexity index is 178. The molecule has 2 heterocycles. The van der Waals surface area contributed by atoms with Crippen molar-refractivity contribution in [2.75, 3.05) is 0 Å². The van der Waals surface area contributed by atoms with Gasteiger partial charge in [0.05, 0.1) is 0 Å².